The zero-order chi connectivity index (χ0) is 14.5. The summed E-state index contributed by atoms with van der Waals surface area (Å²) >= 11 is 1.28. The fourth-order valence-electron chi connectivity index (χ4n) is 2.50. The van der Waals surface area contributed by atoms with Crippen LogP contribution in [0.5, 0.6) is 0 Å². The summed E-state index contributed by atoms with van der Waals surface area (Å²) in [5.41, 5.74) is 1.01. The van der Waals surface area contributed by atoms with Crippen molar-refractivity contribution in [2.75, 3.05) is 7.05 Å². The molecular formula is C13H22N2O2S2. The van der Waals surface area contributed by atoms with Gasteiger partial charge in [0.15, 0.2) is 0 Å². The zero-order valence-corrected chi connectivity index (χ0v) is 13.7. The topological polar surface area (TPSA) is 58.2 Å². The third-order valence-electron chi connectivity index (χ3n) is 4.57. The molecule has 1 aromatic rings. The Kier molecular flexibility index (Phi) is 3.58. The van der Waals surface area contributed by atoms with Crippen LogP contribution < -0.4 is 10.0 Å². The van der Waals surface area contributed by atoms with Crippen molar-refractivity contribution in [1.82, 2.24) is 10.0 Å². The van der Waals surface area contributed by atoms with Crippen LogP contribution >= 0.6 is 11.3 Å². The predicted octanol–water partition coefficient (Wildman–Crippen LogP) is 2.18. The Labute approximate surface area is 119 Å². The number of thiophene rings is 1. The largest absolute Gasteiger partial charge is 0.316 e. The molecule has 0 unspecified atom stereocenters. The van der Waals surface area contributed by atoms with E-state index in [1.54, 1.807) is 6.07 Å². The van der Waals surface area contributed by atoms with Gasteiger partial charge in [0, 0.05) is 12.6 Å². The van der Waals surface area contributed by atoms with Gasteiger partial charge in [0.1, 0.15) is 4.21 Å². The van der Waals surface area contributed by atoms with E-state index in [0.29, 0.717) is 10.8 Å². The van der Waals surface area contributed by atoms with Gasteiger partial charge >= 0.3 is 0 Å². The van der Waals surface area contributed by atoms with E-state index in [9.17, 15) is 8.42 Å². The number of hydrogen-bond donors (Lipinski definition) is 2. The minimum absolute atomic E-state index is 0.000139. The molecule has 0 aliphatic heterocycles. The van der Waals surface area contributed by atoms with Crippen LogP contribution in [0.1, 0.15) is 33.3 Å². The molecule has 1 aliphatic carbocycles. The highest BCUT2D eigenvalue weighted by Gasteiger charge is 2.66. The standard InChI is InChI=1S/C13H22N2O2S2/c1-12(2)11(13(12,3)4)15-19(16,17)10-6-9(7-14-5)8-18-10/h6,8,11,14-15H,7H2,1-5H3. The Balaban J connectivity index is 2.15. The first-order chi connectivity index (χ1) is 8.63. The molecule has 19 heavy (non-hydrogen) atoms. The molecule has 2 rings (SSSR count). The summed E-state index contributed by atoms with van der Waals surface area (Å²) in [6.07, 6.45) is 0. The van der Waals surface area contributed by atoms with E-state index in [1.165, 1.54) is 11.3 Å². The summed E-state index contributed by atoms with van der Waals surface area (Å²) in [5, 5.41) is 4.90. The molecule has 1 heterocycles. The lowest BCUT2D eigenvalue weighted by Gasteiger charge is -2.06. The highest BCUT2D eigenvalue weighted by atomic mass is 32.2. The molecule has 1 saturated carbocycles. The van der Waals surface area contributed by atoms with Gasteiger partial charge < -0.3 is 5.32 Å². The minimum atomic E-state index is -3.40. The van der Waals surface area contributed by atoms with Crippen molar-refractivity contribution in [3.05, 3.63) is 17.0 Å². The Hall–Kier alpha value is -0.430. The second-order valence-electron chi connectivity index (χ2n) is 6.30. The number of nitrogens with one attached hydrogen (secondary N) is 2. The van der Waals surface area contributed by atoms with Crippen molar-refractivity contribution in [3.63, 3.8) is 0 Å². The SMILES string of the molecule is CNCc1csc(S(=O)(=O)NC2C(C)(C)C2(C)C)c1. The maximum Gasteiger partial charge on any atom is 0.250 e. The van der Waals surface area contributed by atoms with E-state index in [1.807, 2.05) is 12.4 Å². The number of sulfonamides is 1. The van der Waals surface area contributed by atoms with Crippen LogP contribution in [-0.2, 0) is 16.6 Å². The van der Waals surface area contributed by atoms with E-state index in [0.717, 1.165) is 5.56 Å². The summed E-state index contributed by atoms with van der Waals surface area (Å²) in [6.45, 7) is 9.08. The quantitative estimate of drug-likeness (QED) is 0.876. The highest BCUT2D eigenvalue weighted by molar-refractivity contribution is 7.91. The molecule has 0 bridgehead atoms. The van der Waals surface area contributed by atoms with Crippen LogP contribution in [0, 0.1) is 10.8 Å². The van der Waals surface area contributed by atoms with E-state index in [4.69, 9.17) is 0 Å². The molecule has 0 aromatic carbocycles. The maximum absolute atomic E-state index is 12.4. The molecular weight excluding hydrogens is 280 g/mol. The first kappa shape index (κ1) is 15.0. The van der Waals surface area contributed by atoms with Gasteiger partial charge in [0.2, 0.25) is 10.0 Å². The molecule has 4 nitrogen and oxygen atoms in total. The van der Waals surface area contributed by atoms with Crippen molar-refractivity contribution >= 4 is 21.4 Å². The van der Waals surface area contributed by atoms with Gasteiger partial charge in [-0.25, -0.2) is 13.1 Å². The molecule has 1 aliphatic rings. The third-order valence-corrected chi connectivity index (χ3v) is 7.48. The summed E-state index contributed by atoms with van der Waals surface area (Å²) < 4.78 is 28.0. The number of hydrogen-bond acceptors (Lipinski definition) is 4. The summed E-state index contributed by atoms with van der Waals surface area (Å²) in [6, 6.07) is 1.74. The average molecular weight is 302 g/mol. The van der Waals surface area contributed by atoms with Crippen molar-refractivity contribution in [2.24, 2.45) is 10.8 Å². The Morgan fingerprint density at radius 1 is 1.26 bits per heavy atom. The van der Waals surface area contributed by atoms with Crippen molar-refractivity contribution in [2.45, 2.75) is 44.5 Å². The van der Waals surface area contributed by atoms with Crippen LogP contribution in [0.2, 0.25) is 0 Å². The Morgan fingerprint density at radius 2 is 1.84 bits per heavy atom. The molecule has 0 saturated heterocycles. The Morgan fingerprint density at radius 3 is 2.32 bits per heavy atom. The maximum atomic E-state index is 12.4. The van der Waals surface area contributed by atoms with Gasteiger partial charge in [-0.1, -0.05) is 27.7 Å². The van der Waals surface area contributed by atoms with Crippen molar-refractivity contribution < 1.29 is 8.42 Å². The lowest BCUT2D eigenvalue weighted by Crippen LogP contribution is -2.29. The van der Waals surface area contributed by atoms with Crippen molar-refractivity contribution in [1.29, 1.82) is 0 Å². The van der Waals surface area contributed by atoms with Crippen LogP contribution in [0.4, 0.5) is 0 Å². The van der Waals surface area contributed by atoms with Crippen LogP contribution in [0.25, 0.3) is 0 Å². The Bertz CT molecular complexity index is 559. The fourth-order valence-corrected chi connectivity index (χ4v) is 5.25. The average Bonchev–Trinajstić information content (AvgIpc) is 2.71. The fraction of sp³-hybridized carbons (Fsp3) is 0.692. The van der Waals surface area contributed by atoms with E-state index in [2.05, 4.69) is 37.7 Å². The van der Waals surface area contributed by atoms with Gasteiger partial charge in [-0.3, -0.25) is 0 Å². The van der Waals surface area contributed by atoms with Gasteiger partial charge in [-0.15, -0.1) is 11.3 Å². The zero-order valence-electron chi connectivity index (χ0n) is 12.1. The van der Waals surface area contributed by atoms with Crippen LogP contribution in [-0.4, -0.2) is 21.5 Å². The lowest BCUT2D eigenvalue weighted by atomic mass is 10.0. The normalized spacial score (nSPS) is 21.5. The van der Waals surface area contributed by atoms with E-state index < -0.39 is 10.0 Å². The highest BCUT2D eigenvalue weighted by Crippen LogP contribution is 2.63. The molecule has 1 fully saturated rings. The van der Waals surface area contributed by atoms with Gasteiger partial charge in [-0.05, 0) is 34.9 Å². The second-order valence-corrected chi connectivity index (χ2v) is 9.15. The van der Waals surface area contributed by atoms with E-state index >= 15 is 0 Å². The molecule has 108 valence electrons. The first-order valence-corrected chi connectivity index (χ1v) is 8.73. The second kappa shape index (κ2) is 4.55. The molecule has 6 heteroatoms. The first-order valence-electron chi connectivity index (χ1n) is 6.37. The lowest BCUT2D eigenvalue weighted by molar-refractivity contribution is 0.457. The smallest absolute Gasteiger partial charge is 0.250 e. The monoisotopic (exact) mass is 302 g/mol. The number of rotatable bonds is 5. The van der Waals surface area contributed by atoms with Crippen LogP contribution in [0.3, 0.4) is 0 Å². The predicted molar refractivity (Wildman–Crippen MR) is 78.8 cm³/mol. The van der Waals surface area contributed by atoms with Gasteiger partial charge in [-0.2, -0.15) is 0 Å². The minimum Gasteiger partial charge on any atom is -0.316 e. The van der Waals surface area contributed by atoms with E-state index in [-0.39, 0.29) is 16.9 Å². The van der Waals surface area contributed by atoms with Crippen molar-refractivity contribution in [3.8, 4) is 0 Å². The van der Waals surface area contributed by atoms with Gasteiger partial charge in [0.25, 0.3) is 0 Å². The third kappa shape index (κ3) is 2.46. The molecule has 0 spiro atoms. The molecule has 1 aromatic heterocycles. The molecule has 0 atom stereocenters. The summed E-state index contributed by atoms with van der Waals surface area (Å²) in [4.78, 5) is 0. The van der Waals surface area contributed by atoms with Gasteiger partial charge in [0.05, 0.1) is 0 Å². The summed E-state index contributed by atoms with van der Waals surface area (Å²) in [5.74, 6) is 0. The molecule has 0 amide bonds. The van der Waals surface area contributed by atoms with Crippen LogP contribution in [0.15, 0.2) is 15.7 Å². The molecule has 0 radical (unpaired) electrons. The summed E-state index contributed by atoms with van der Waals surface area (Å²) in [7, 11) is -1.55. The molecule has 2 N–H and O–H groups in total.